The molecule has 1 unspecified atom stereocenters. The van der Waals surface area contributed by atoms with E-state index < -0.39 is 0 Å². The summed E-state index contributed by atoms with van der Waals surface area (Å²) in [5.74, 6) is 0.604. The molecule has 19 heavy (non-hydrogen) atoms. The monoisotopic (exact) mass is 329 g/mol. The molecule has 1 aromatic rings. The molecule has 4 heteroatoms. The van der Waals surface area contributed by atoms with Crippen LogP contribution in [0.25, 0.3) is 0 Å². The summed E-state index contributed by atoms with van der Waals surface area (Å²) in [4.78, 5) is 2.39. The van der Waals surface area contributed by atoms with Crippen LogP contribution >= 0.6 is 15.9 Å². The first kappa shape index (κ1) is 14.9. The number of methoxy groups -OCH3 is 1. The minimum atomic E-state index is -0.191. The second-order valence-corrected chi connectivity index (χ2v) is 6.05. The summed E-state index contributed by atoms with van der Waals surface area (Å²) in [6.45, 7) is 4.63. The first-order chi connectivity index (χ1) is 9.13. The number of benzene rings is 1. The zero-order chi connectivity index (χ0) is 13.8. The standard InChI is InChI=1S/C15H21BrFNO/c1-11(12-6-7-12)18(8-9-19-2)10-13-4-3-5-14(17)15(13)16/h3-5,11-12H,6-10H2,1-2H3. The SMILES string of the molecule is COCCN(Cc1cccc(F)c1Br)C(C)C1CC1. The second kappa shape index (κ2) is 6.82. The Kier molecular flexibility index (Phi) is 5.37. The molecule has 0 saturated heterocycles. The van der Waals surface area contributed by atoms with Crippen LogP contribution in [0, 0.1) is 11.7 Å². The number of ether oxygens (including phenoxy) is 1. The normalized spacial score (nSPS) is 16.9. The van der Waals surface area contributed by atoms with Gasteiger partial charge in [0.05, 0.1) is 11.1 Å². The molecule has 1 atom stereocenters. The number of rotatable bonds is 7. The summed E-state index contributed by atoms with van der Waals surface area (Å²) in [5.41, 5.74) is 1.00. The third kappa shape index (κ3) is 4.01. The zero-order valence-electron chi connectivity index (χ0n) is 11.5. The van der Waals surface area contributed by atoms with Gasteiger partial charge in [-0.15, -0.1) is 0 Å². The summed E-state index contributed by atoms with van der Waals surface area (Å²) >= 11 is 3.35. The maximum absolute atomic E-state index is 13.6. The average Bonchev–Trinajstić information content (AvgIpc) is 3.23. The van der Waals surface area contributed by atoms with E-state index >= 15 is 0 Å². The average molecular weight is 330 g/mol. The molecule has 0 spiro atoms. The van der Waals surface area contributed by atoms with Crippen molar-refractivity contribution in [3.05, 3.63) is 34.1 Å². The molecule has 1 fully saturated rings. The summed E-state index contributed by atoms with van der Waals surface area (Å²) < 4.78 is 19.3. The molecule has 0 aliphatic heterocycles. The Morgan fingerprint density at radius 3 is 2.84 bits per heavy atom. The van der Waals surface area contributed by atoms with E-state index in [0.29, 0.717) is 17.1 Å². The van der Waals surface area contributed by atoms with Gasteiger partial charge in [0.15, 0.2) is 0 Å². The van der Waals surface area contributed by atoms with Gasteiger partial charge in [-0.25, -0.2) is 4.39 Å². The molecule has 0 N–H and O–H groups in total. The van der Waals surface area contributed by atoms with Crippen LogP contribution in [0.1, 0.15) is 25.3 Å². The lowest BCUT2D eigenvalue weighted by molar-refractivity contribution is 0.111. The molecule has 1 aliphatic rings. The van der Waals surface area contributed by atoms with E-state index in [0.717, 1.165) is 24.6 Å². The lowest BCUT2D eigenvalue weighted by Crippen LogP contribution is -2.36. The van der Waals surface area contributed by atoms with Crippen molar-refractivity contribution < 1.29 is 9.13 Å². The Balaban J connectivity index is 2.07. The van der Waals surface area contributed by atoms with E-state index in [1.54, 1.807) is 13.2 Å². The fourth-order valence-electron chi connectivity index (χ4n) is 2.40. The Hall–Kier alpha value is -0.450. The quantitative estimate of drug-likeness (QED) is 0.753. The summed E-state index contributed by atoms with van der Waals surface area (Å²) in [7, 11) is 1.72. The van der Waals surface area contributed by atoms with Crippen molar-refractivity contribution in [1.29, 1.82) is 0 Å². The van der Waals surface area contributed by atoms with Crippen LogP contribution < -0.4 is 0 Å². The summed E-state index contributed by atoms with van der Waals surface area (Å²) in [6, 6.07) is 5.76. The molecular weight excluding hydrogens is 309 g/mol. The van der Waals surface area contributed by atoms with Gasteiger partial charge in [0.1, 0.15) is 5.82 Å². The predicted molar refractivity (Wildman–Crippen MR) is 78.6 cm³/mol. The predicted octanol–water partition coefficient (Wildman–Crippen LogP) is 3.84. The van der Waals surface area contributed by atoms with Crippen molar-refractivity contribution in [3.8, 4) is 0 Å². The molecular formula is C15H21BrFNO. The van der Waals surface area contributed by atoms with Crippen LogP contribution in [0.4, 0.5) is 4.39 Å². The Bertz CT molecular complexity index is 423. The number of hydrogen-bond donors (Lipinski definition) is 0. The van der Waals surface area contributed by atoms with Crippen LogP contribution in [0.15, 0.2) is 22.7 Å². The molecule has 0 aromatic heterocycles. The van der Waals surface area contributed by atoms with Gasteiger partial charge in [0.2, 0.25) is 0 Å². The highest BCUT2D eigenvalue weighted by Crippen LogP contribution is 2.36. The van der Waals surface area contributed by atoms with Crippen molar-refractivity contribution >= 4 is 15.9 Å². The fraction of sp³-hybridized carbons (Fsp3) is 0.600. The molecule has 2 rings (SSSR count). The van der Waals surface area contributed by atoms with Crippen LogP contribution in [-0.4, -0.2) is 31.2 Å². The fourth-order valence-corrected chi connectivity index (χ4v) is 2.79. The van der Waals surface area contributed by atoms with Crippen LogP contribution in [0.5, 0.6) is 0 Å². The highest BCUT2D eigenvalue weighted by molar-refractivity contribution is 9.10. The Labute approximate surface area is 123 Å². The first-order valence-electron chi connectivity index (χ1n) is 6.79. The third-order valence-electron chi connectivity index (χ3n) is 3.87. The van der Waals surface area contributed by atoms with Crippen molar-refractivity contribution in [2.75, 3.05) is 20.3 Å². The Morgan fingerprint density at radius 1 is 1.47 bits per heavy atom. The van der Waals surface area contributed by atoms with E-state index in [1.807, 2.05) is 6.07 Å². The molecule has 1 aliphatic carbocycles. The first-order valence-corrected chi connectivity index (χ1v) is 7.58. The van der Waals surface area contributed by atoms with E-state index in [2.05, 4.69) is 27.8 Å². The second-order valence-electron chi connectivity index (χ2n) is 5.25. The zero-order valence-corrected chi connectivity index (χ0v) is 13.1. The van der Waals surface area contributed by atoms with Gasteiger partial charge in [-0.05, 0) is 53.2 Å². The molecule has 0 radical (unpaired) electrons. The van der Waals surface area contributed by atoms with E-state index in [1.165, 1.54) is 18.9 Å². The third-order valence-corrected chi connectivity index (χ3v) is 4.76. The number of hydrogen-bond acceptors (Lipinski definition) is 2. The molecule has 0 bridgehead atoms. The van der Waals surface area contributed by atoms with Gasteiger partial charge >= 0.3 is 0 Å². The number of halogens is 2. The molecule has 1 saturated carbocycles. The van der Waals surface area contributed by atoms with Crippen LogP contribution in [0.2, 0.25) is 0 Å². The van der Waals surface area contributed by atoms with Crippen molar-refractivity contribution in [1.82, 2.24) is 4.90 Å². The Morgan fingerprint density at radius 2 is 2.21 bits per heavy atom. The van der Waals surface area contributed by atoms with Gasteiger partial charge in [0, 0.05) is 26.2 Å². The summed E-state index contributed by atoms with van der Waals surface area (Å²) in [5, 5.41) is 0. The molecule has 1 aromatic carbocycles. The molecule has 2 nitrogen and oxygen atoms in total. The lowest BCUT2D eigenvalue weighted by atomic mass is 10.1. The van der Waals surface area contributed by atoms with Crippen molar-refractivity contribution in [2.24, 2.45) is 5.92 Å². The number of nitrogens with zero attached hydrogens (tertiary/aromatic N) is 1. The van der Waals surface area contributed by atoms with Gasteiger partial charge in [-0.1, -0.05) is 12.1 Å². The smallest absolute Gasteiger partial charge is 0.137 e. The van der Waals surface area contributed by atoms with Gasteiger partial charge < -0.3 is 4.74 Å². The van der Waals surface area contributed by atoms with E-state index in [4.69, 9.17) is 4.74 Å². The maximum Gasteiger partial charge on any atom is 0.137 e. The van der Waals surface area contributed by atoms with Gasteiger partial charge in [-0.3, -0.25) is 4.90 Å². The summed E-state index contributed by atoms with van der Waals surface area (Å²) in [6.07, 6.45) is 2.63. The maximum atomic E-state index is 13.6. The minimum absolute atomic E-state index is 0.191. The topological polar surface area (TPSA) is 12.5 Å². The minimum Gasteiger partial charge on any atom is -0.383 e. The van der Waals surface area contributed by atoms with Crippen molar-refractivity contribution in [3.63, 3.8) is 0 Å². The van der Waals surface area contributed by atoms with Gasteiger partial charge in [-0.2, -0.15) is 0 Å². The van der Waals surface area contributed by atoms with Crippen LogP contribution in [-0.2, 0) is 11.3 Å². The van der Waals surface area contributed by atoms with E-state index in [9.17, 15) is 4.39 Å². The van der Waals surface area contributed by atoms with Crippen molar-refractivity contribution in [2.45, 2.75) is 32.4 Å². The molecule has 0 amide bonds. The van der Waals surface area contributed by atoms with E-state index in [-0.39, 0.29) is 5.82 Å². The largest absolute Gasteiger partial charge is 0.383 e. The van der Waals surface area contributed by atoms with Gasteiger partial charge in [0.25, 0.3) is 0 Å². The molecule has 106 valence electrons. The van der Waals surface area contributed by atoms with Crippen LogP contribution in [0.3, 0.4) is 0 Å². The lowest BCUT2D eigenvalue weighted by Gasteiger charge is -2.29. The molecule has 0 heterocycles. The highest BCUT2D eigenvalue weighted by atomic mass is 79.9. The highest BCUT2D eigenvalue weighted by Gasteiger charge is 2.32.